The molecule has 1 aliphatic rings. The van der Waals surface area contributed by atoms with Crippen molar-refractivity contribution in [1.82, 2.24) is 14.5 Å². The minimum absolute atomic E-state index is 0.314. The molecule has 0 atom stereocenters. The maximum absolute atomic E-state index is 11.8. The maximum atomic E-state index is 11.8. The lowest BCUT2D eigenvalue weighted by Gasteiger charge is -2.38. The second-order valence-corrected chi connectivity index (χ2v) is 12.1. The smallest absolute Gasteiger partial charge is 0.175 e. The Morgan fingerprint density at radius 3 is 2.03 bits per heavy atom. The maximum Gasteiger partial charge on any atom is 0.175 e. The molecule has 1 aliphatic heterocycles. The summed E-state index contributed by atoms with van der Waals surface area (Å²) in [5.74, 6) is 0.821. The quantitative estimate of drug-likeness (QED) is 0.378. The predicted molar refractivity (Wildman–Crippen MR) is 148 cm³/mol. The molecule has 0 spiro atoms. The first kappa shape index (κ1) is 24.5. The number of fused-ring (bicyclic) bond motifs is 1. The van der Waals surface area contributed by atoms with Crippen molar-refractivity contribution in [3.8, 4) is 22.5 Å². The molecule has 188 valence electrons. The highest BCUT2D eigenvalue weighted by atomic mass is 32.2. The lowest BCUT2D eigenvalue weighted by molar-refractivity contribution is 0.209. The van der Waals surface area contributed by atoms with Gasteiger partial charge < -0.3 is 9.47 Å². The van der Waals surface area contributed by atoms with Crippen LogP contribution in [0.3, 0.4) is 0 Å². The molecule has 0 radical (unpaired) electrons. The molecule has 0 unspecified atom stereocenters. The second kappa shape index (κ2) is 9.37. The van der Waals surface area contributed by atoms with Crippen LogP contribution in [0.5, 0.6) is 0 Å². The van der Waals surface area contributed by atoms with E-state index in [0.29, 0.717) is 10.9 Å². The van der Waals surface area contributed by atoms with Crippen LogP contribution in [0.25, 0.3) is 33.5 Å². The molecule has 1 fully saturated rings. The van der Waals surface area contributed by atoms with Crippen LogP contribution < -0.4 is 4.90 Å². The molecular formula is C29H34N4O2S. The van der Waals surface area contributed by atoms with Crippen LogP contribution in [0.4, 0.5) is 5.69 Å². The second-order valence-electron chi connectivity index (χ2n) is 10.1. The largest absolute Gasteiger partial charge is 0.369 e. The number of sulfone groups is 1. The van der Waals surface area contributed by atoms with Crippen molar-refractivity contribution >= 4 is 26.6 Å². The van der Waals surface area contributed by atoms with E-state index in [9.17, 15) is 8.42 Å². The number of anilines is 1. The Labute approximate surface area is 214 Å². The van der Waals surface area contributed by atoms with Crippen LogP contribution >= 0.6 is 0 Å². The first-order chi connectivity index (χ1) is 17.1. The van der Waals surface area contributed by atoms with Crippen LogP contribution in [-0.4, -0.2) is 61.3 Å². The third-order valence-corrected chi connectivity index (χ3v) is 8.46. The van der Waals surface area contributed by atoms with Gasteiger partial charge in [0.25, 0.3) is 0 Å². The standard InChI is InChI=1S/C29H34N4O2S/c1-20(2)32-14-16-33(17-15-32)25-10-6-22(7-11-25)24-18-21(3)28-27(19-24)31(4)29(30-28)23-8-12-26(13-9-23)36(5,34)35/h6-13,18-20H,14-17H2,1-5H3. The Morgan fingerprint density at radius 1 is 0.833 bits per heavy atom. The summed E-state index contributed by atoms with van der Waals surface area (Å²) in [7, 11) is -1.22. The van der Waals surface area contributed by atoms with E-state index in [2.05, 4.69) is 71.5 Å². The van der Waals surface area contributed by atoms with E-state index in [4.69, 9.17) is 4.98 Å². The molecule has 7 heteroatoms. The molecule has 1 saturated heterocycles. The lowest BCUT2D eigenvalue weighted by atomic mass is 10.0. The van der Waals surface area contributed by atoms with Gasteiger partial charge >= 0.3 is 0 Å². The monoisotopic (exact) mass is 502 g/mol. The predicted octanol–water partition coefficient (Wildman–Crippen LogP) is 5.15. The topological polar surface area (TPSA) is 58.4 Å². The Balaban J connectivity index is 1.43. The number of hydrogen-bond acceptors (Lipinski definition) is 5. The van der Waals surface area contributed by atoms with Gasteiger partial charge in [-0.2, -0.15) is 0 Å². The van der Waals surface area contributed by atoms with Crippen molar-refractivity contribution in [2.45, 2.75) is 31.7 Å². The van der Waals surface area contributed by atoms with Gasteiger partial charge in [-0.3, -0.25) is 4.90 Å². The fourth-order valence-corrected chi connectivity index (χ4v) is 5.72. The van der Waals surface area contributed by atoms with Crippen molar-refractivity contribution in [3.63, 3.8) is 0 Å². The summed E-state index contributed by atoms with van der Waals surface area (Å²) < 4.78 is 25.7. The Bertz CT molecular complexity index is 1500. The minimum atomic E-state index is -3.23. The summed E-state index contributed by atoms with van der Waals surface area (Å²) in [4.78, 5) is 10.2. The summed E-state index contributed by atoms with van der Waals surface area (Å²) in [6.45, 7) is 11.0. The van der Waals surface area contributed by atoms with Crippen molar-refractivity contribution in [3.05, 3.63) is 66.2 Å². The van der Waals surface area contributed by atoms with E-state index >= 15 is 0 Å². The molecule has 6 nitrogen and oxygen atoms in total. The Kier molecular flexibility index (Phi) is 6.39. The first-order valence-electron chi connectivity index (χ1n) is 12.5. The highest BCUT2D eigenvalue weighted by Gasteiger charge is 2.19. The molecule has 3 aromatic carbocycles. The molecule has 5 rings (SSSR count). The number of aromatic nitrogens is 2. The van der Waals surface area contributed by atoms with Crippen molar-refractivity contribution < 1.29 is 8.42 Å². The molecule has 0 saturated carbocycles. The normalized spacial score (nSPS) is 15.2. The van der Waals surface area contributed by atoms with Gasteiger partial charge in [0.2, 0.25) is 0 Å². The third-order valence-electron chi connectivity index (χ3n) is 7.33. The summed E-state index contributed by atoms with van der Waals surface area (Å²) >= 11 is 0. The van der Waals surface area contributed by atoms with Crippen LogP contribution in [0, 0.1) is 6.92 Å². The summed E-state index contributed by atoms with van der Waals surface area (Å²) in [6, 6.07) is 20.8. The average molecular weight is 503 g/mol. The molecule has 0 bridgehead atoms. The van der Waals surface area contributed by atoms with E-state index in [1.807, 2.05) is 19.2 Å². The average Bonchev–Trinajstić information content (AvgIpc) is 3.20. The Morgan fingerprint density at radius 2 is 1.44 bits per heavy atom. The van der Waals surface area contributed by atoms with Gasteiger partial charge in [-0.1, -0.05) is 12.1 Å². The van der Waals surface area contributed by atoms with Gasteiger partial charge in [0, 0.05) is 56.8 Å². The third kappa shape index (κ3) is 4.65. The van der Waals surface area contributed by atoms with Gasteiger partial charge in [-0.15, -0.1) is 0 Å². The van der Waals surface area contributed by atoms with Gasteiger partial charge in [0.1, 0.15) is 5.82 Å². The number of nitrogens with zero attached hydrogens (tertiary/aromatic N) is 4. The first-order valence-corrected chi connectivity index (χ1v) is 14.4. The van der Waals surface area contributed by atoms with Gasteiger partial charge in [0.05, 0.1) is 15.9 Å². The zero-order valence-corrected chi connectivity index (χ0v) is 22.5. The highest BCUT2D eigenvalue weighted by molar-refractivity contribution is 7.90. The van der Waals surface area contributed by atoms with Crippen molar-refractivity contribution in [2.75, 3.05) is 37.3 Å². The number of benzene rings is 3. The number of rotatable bonds is 5. The summed E-state index contributed by atoms with van der Waals surface area (Å²) in [5.41, 5.74) is 7.66. The molecule has 0 N–H and O–H groups in total. The van der Waals surface area contributed by atoms with E-state index in [-0.39, 0.29) is 0 Å². The van der Waals surface area contributed by atoms with E-state index in [1.54, 1.807) is 12.1 Å². The van der Waals surface area contributed by atoms with Crippen LogP contribution in [0.2, 0.25) is 0 Å². The molecule has 0 aliphatic carbocycles. The van der Waals surface area contributed by atoms with Gasteiger partial charge in [-0.25, -0.2) is 13.4 Å². The molecule has 1 aromatic heterocycles. The number of hydrogen-bond donors (Lipinski definition) is 0. The Hall–Kier alpha value is -3.16. The minimum Gasteiger partial charge on any atom is -0.369 e. The lowest BCUT2D eigenvalue weighted by Crippen LogP contribution is -2.48. The van der Waals surface area contributed by atoms with Crippen molar-refractivity contribution in [1.29, 1.82) is 0 Å². The van der Waals surface area contributed by atoms with E-state index < -0.39 is 9.84 Å². The van der Waals surface area contributed by atoms with E-state index in [1.165, 1.54) is 17.5 Å². The molecule has 36 heavy (non-hydrogen) atoms. The molecule has 0 amide bonds. The van der Waals surface area contributed by atoms with Gasteiger partial charge in [-0.05, 0) is 86.0 Å². The van der Waals surface area contributed by atoms with E-state index in [0.717, 1.165) is 59.7 Å². The molecule has 4 aromatic rings. The fraction of sp³-hybridized carbons (Fsp3) is 0.345. The summed E-state index contributed by atoms with van der Waals surface area (Å²) in [6.07, 6.45) is 1.22. The van der Waals surface area contributed by atoms with Crippen LogP contribution in [0.1, 0.15) is 19.4 Å². The number of aryl methyl sites for hydroxylation is 2. The molecule has 2 heterocycles. The van der Waals surface area contributed by atoms with Gasteiger partial charge in [0.15, 0.2) is 9.84 Å². The van der Waals surface area contributed by atoms with Crippen molar-refractivity contribution in [2.24, 2.45) is 7.05 Å². The number of piperazine rings is 1. The zero-order chi connectivity index (χ0) is 25.6. The highest BCUT2D eigenvalue weighted by Crippen LogP contribution is 2.32. The fourth-order valence-electron chi connectivity index (χ4n) is 5.09. The number of imidazole rings is 1. The zero-order valence-electron chi connectivity index (χ0n) is 21.7. The van der Waals surface area contributed by atoms with Crippen LogP contribution in [0.15, 0.2) is 65.6 Å². The molecular weight excluding hydrogens is 468 g/mol. The summed E-state index contributed by atoms with van der Waals surface area (Å²) in [5, 5.41) is 0. The SMILES string of the molecule is Cc1cc(-c2ccc(N3CCN(C(C)C)CC3)cc2)cc2c1nc(-c1ccc(S(C)(=O)=O)cc1)n2C. The van der Waals surface area contributed by atoms with Crippen LogP contribution in [-0.2, 0) is 16.9 Å².